The van der Waals surface area contributed by atoms with E-state index in [2.05, 4.69) is 0 Å². The first kappa shape index (κ1) is 23.6. The number of carbonyl (C=O) groups excluding carboxylic acids is 2. The Morgan fingerprint density at radius 1 is 1.00 bits per heavy atom. The fraction of sp³-hybridized carbons (Fsp3) is 0.375. The molecule has 0 aliphatic heterocycles. The highest BCUT2D eigenvalue weighted by atomic mass is 19.4. The molecular weight excluding hydrogens is 453 g/mol. The third-order valence-corrected chi connectivity index (χ3v) is 6.16. The molecule has 1 saturated carbocycles. The van der Waals surface area contributed by atoms with E-state index in [0.29, 0.717) is 12.8 Å². The third-order valence-electron chi connectivity index (χ3n) is 6.16. The van der Waals surface area contributed by atoms with Gasteiger partial charge < -0.3 is 20.5 Å². The molecule has 3 N–H and O–H groups in total. The average Bonchev–Trinajstić information content (AvgIpc) is 3.57. The number of halogens is 3. The molecule has 2 aromatic rings. The number of hydrogen-bond acceptors (Lipinski definition) is 4. The van der Waals surface area contributed by atoms with Crippen LogP contribution in [-0.4, -0.2) is 48.4 Å². The van der Waals surface area contributed by atoms with E-state index in [1.54, 1.807) is 0 Å². The van der Waals surface area contributed by atoms with Gasteiger partial charge in [-0.15, -0.1) is 0 Å². The summed E-state index contributed by atoms with van der Waals surface area (Å²) in [5.41, 5.74) is 3.90. The number of fused-ring (bicyclic) bond motifs is 3. The summed E-state index contributed by atoms with van der Waals surface area (Å²) in [5, 5.41) is 13.1. The molecule has 0 saturated heterocycles. The Morgan fingerprint density at radius 3 is 2.06 bits per heavy atom. The summed E-state index contributed by atoms with van der Waals surface area (Å²) in [6.45, 7) is -1.16. The minimum atomic E-state index is -4.98. The van der Waals surface area contributed by atoms with E-state index in [-0.39, 0.29) is 18.4 Å². The molecule has 0 spiro atoms. The van der Waals surface area contributed by atoms with Gasteiger partial charge in [0.2, 0.25) is 5.91 Å². The lowest BCUT2D eigenvalue weighted by atomic mass is 9.98. The van der Waals surface area contributed by atoms with Crippen LogP contribution in [0.15, 0.2) is 48.5 Å². The molecule has 7 nitrogen and oxygen atoms in total. The number of hydrogen-bond donors (Lipinski definition) is 3. The largest absolute Gasteiger partial charge is 0.480 e. The molecule has 4 rings (SSSR count). The van der Waals surface area contributed by atoms with Crippen LogP contribution >= 0.6 is 0 Å². The summed E-state index contributed by atoms with van der Waals surface area (Å²) in [4.78, 5) is 35.7. The monoisotopic (exact) mass is 476 g/mol. The number of amides is 2. The highest BCUT2D eigenvalue weighted by Crippen LogP contribution is 2.44. The molecule has 0 bridgehead atoms. The minimum Gasteiger partial charge on any atom is -0.480 e. The maximum Gasteiger partial charge on any atom is 0.407 e. The number of aliphatic carboxylic acids is 1. The minimum absolute atomic E-state index is 0.0918. The zero-order chi connectivity index (χ0) is 24.5. The van der Waals surface area contributed by atoms with Crippen LogP contribution < -0.4 is 10.6 Å². The molecule has 0 heterocycles. The van der Waals surface area contributed by atoms with Crippen LogP contribution in [0, 0.1) is 11.8 Å². The number of carboxylic acids is 1. The Hall–Kier alpha value is -3.56. The number of alkyl halides is 3. The van der Waals surface area contributed by atoms with E-state index in [4.69, 9.17) is 9.84 Å². The van der Waals surface area contributed by atoms with Gasteiger partial charge in [-0.2, -0.15) is 13.2 Å². The number of alkyl carbamates (subject to hydrolysis) is 1. The number of rotatable bonds is 8. The van der Waals surface area contributed by atoms with Gasteiger partial charge in [0.25, 0.3) is 0 Å². The molecule has 180 valence electrons. The van der Waals surface area contributed by atoms with Crippen LogP contribution in [0.3, 0.4) is 0 Å². The summed E-state index contributed by atoms with van der Waals surface area (Å²) in [7, 11) is 0. The van der Waals surface area contributed by atoms with Crippen molar-refractivity contribution in [1.29, 1.82) is 0 Å². The first-order chi connectivity index (χ1) is 16.2. The second kappa shape index (κ2) is 9.36. The summed E-state index contributed by atoms with van der Waals surface area (Å²) >= 11 is 0. The SMILES string of the molecule is O=C(NCC(C(=O)NC(C(=O)O)C1CC1)C(F)(F)F)OCC1c2ccccc2-c2ccccc21. The van der Waals surface area contributed by atoms with E-state index in [1.165, 1.54) is 0 Å². The van der Waals surface area contributed by atoms with E-state index in [1.807, 2.05) is 59.2 Å². The zero-order valence-electron chi connectivity index (χ0n) is 18.0. The molecule has 0 radical (unpaired) electrons. The molecule has 2 aliphatic carbocycles. The Kier molecular flexibility index (Phi) is 6.49. The molecule has 2 amide bonds. The quantitative estimate of drug-likeness (QED) is 0.539. The van der Waals surface area contributed by atoms with Crippen molar-refractivity contribution < 1.29 is 37.4 Å². The van der Waals surface area contributed by atoms with Crippen molar-refractivity contribution >= 4 is 18.0 Å². The molecule has 2 atom stereocenters. The van der Waals surface area contributed by atoms with Gasteiger partial charge in [-0.3, -0.25) is 4.79 Å². The smallest absolute Gasteiger partial charge is 0.407 e. The van der Waals surface area contributed by atoms with Gasteiger partial charge in [-0.05, 0) is 41.0 Å². The number of nitrogens with one attached hydrogen (secondary N) is 2. The number of carboxylic acid groups (broad SMARTS) is 1. The summed E-state index contributed by atoms with van der Waals surface area (Å²) in [5.74, 6) is -6.14. The number of ether oxygens (including phenoxy) is 1. The van der Waals surface area contributed by atoms with Crippen LogP contribution in [0.5, 0.6) is 0 Å². The molecule has 0 aromatic heterocycles. The first-order valence-corrected chi connectivity index (χ1v) is 10.9. The van der Waals surface area contributed by atoms with E-state index < -0.39 is 42.7 Å². The van der Waals surface area contributed by atoms with Crippen LogP contribution in [-0.2, 0) is 14.3 Å². The predicted molar refractivity (Wildman–Crippen MR) is 115 cm³/mol. The molecule has 2 aromatic carbocycles. The van der Waals surface area contributed by atoms with Crippen molar-refractivity contribution in [3.63, 3.8) is 0 Å². The lowest BCUT2D eigenvalue weighted by Gasteiger charge is -2.22. The van der Waals surface area contributed by atoms with Crippen molar-refractivity contribution in [2.45, 2.75) is 31.0 Å². The van der Waals surface area contributed by atoms with Crippen molar-refractivity contribution in [3.05, 3.63) is 59.7 Å². The van der Waals surface area contributed by atoms with Crippen LogP contribution in [0.4, 0.5) is 18.0 Å². The summed E-state index contributed by atoms with van der Waals surface area (Å²) in [6, 6.07) is 13.8. The van der Waals surface area contributed by atoms with Crippen LogP contribution in [0.1, 0.15) is 29.9 Å². The molecule has 34 heavy (non-hydrogen) atoms. The molecular formula is C24H23F3N2O5. The maximum atomic E-state index is 13.5. The fourth-order valence-corrected chi connectivity index (χ4v) is 4.26. The highest BCUT2D eigenvalue weighted by Gasteiger charge is 2.47. The lowest BCUT2D eigenvalue weighted by Crippen LogP contribution is -2.51. The predicted octanol–water partition coefficient (Wildman–Crippen LogP) is 3.68. The number of benzene rings is 2. The molecule has 2 aliphatic rings. The van der Waals surface area contributed by atoms with E-state index in [9.17, 15) is 27.6 Å². The number of carbonyl (C=O) groups is 3. The third kappa shape index (κ3) is 5.00. The maximum absolute atomic E-state index is 13.5. The van der Waals surface area contributed by atoms with Gasteiger partial charge in [0.1, 0.15) is 12.6 Å². The Labute approximate surface area is 193 Å². The highest BCUT2D eigenvalue weighted by molar-refractivity contribution is 5.86. The zero-order valence-corrected chi connectivity index (χ0v) is 18.0. The average molecular weight is 476 g/mol. The van der Waals surface area contributed by atoms with Gasteiger partial charge >= 0.3 is 18.2 Å². The molecule has 2 unspecified atom stereocenters. The first-order valence-electron chi connectivity index (χ1n) is 10.9. The summed E-state index contributed by atoms with van der Waals surface area (Å²) in [6.07, 6.45) is -5.04. The Morgan fingerprint density at radius 2 is 1.56 bits per heavy atom. The normalized spacial score (nSPS) is 16.7. The summed E-state index contributed by atoms with van der Waals surface area (Å²) < 4.78 is 45.6. The van der Waals surface area contributed by atoms with Crippen LogP contribution in [0.2, 0.25) is 0 Å². The van der Waals surface area contributed by atoms with Gasteiger partial charge in [0.05, 0.1) is 0 Å². The van der Waals surface area contributed by atoms with Crippen LogP contribution in [0.25, 0.3) is 11.1 Å². The second-order valence-electron chi connectivity index (χ2n) is 8.46. The van der Waals surface area contributed by atoms with E-state index >= 15 is 0 Å². The standard InChI is InChI=1S/C24H23F3N2O5/c25-24(26,27)19(21(30)29-20(22(31)32)13-9-10-13)11-28-23(33)34-12-18-16-7-3-1-5-14(16)15-6-2-4-8-17(15)18/h1-8,13,18-20H,9-12H2,(H,28,33)(H,29,30)(H,31,32). The van der Waals surface area contributed by atoms with Crippen molar-refractivity contribution in [1.82, 2.24) is 10.6 Å². The van der Waals surface area contributed by atoms with E-state index in [0.717, 1.165) is 22.3 Å². The Balaban J connectivity index is 1.37. The molecule has 10 heteroatoms. The van der Waals surface area contributed by atoms with Gasteiger partial charge in [0, 0.05) is 12.5 Å². The van der Waals surface area contributed by atoms with Crippen molar-refractivity contribution in [3.8, 4) is 11.1 Å². The Bertz CT molecular complexity index is 1050. The topological polar surface area (TPSA) is 105 Å². The fourth-order valence-electron chi connectivity index (χ4n) is 4.26. The second-order valence-corrected chi connectivity index (χ2v) is 8.46. The van der Waals surface area contributed by atoms with Crippen molar-refractivity contribution in [2.75, 3.05) is 13.2 Å². The van der Waals surface area contributed by atoms with Gasteiger partial charge in [0.15, 0.2) is 5.92 Å². The van der Waals surface area contributed by atoms with Crippen molar-refractivity contribution in [2.24, 2.45) is 11.8 Å². The lowest BCUT2D eigenvalue weighted by molar-refractivity contribution is -0.182. The van der Waals surface area contributed by atoms with Gasteiger partial charge in [-0.25, -0.2) is 9.59 Å². The molecule has 1 fully saturated rings. The van der Waals surface area contributed by atoms with Gasteiger partial charge in [-0.1, -0.05) is 48.5 Å².